The highest BCUT2D eigenvalue weighted by atomic mass is 15.6. The van der Waals surface area contributed by atoms with Crippen LogP contribution in [0, 0.1) is 0 Å². The molecule has 0 rings (SSSR count). The van der Waals surface area contributed by atoms with E-state index >= 15 is 0 Å². The quantitative estimate of drug-likeness (QED) is 0.495. The standard InChI is InChI=1S/C9H19N3/c1-6-9(3)10-8-12(5)11(4)7-2/h6-7,10H,2,8H2,1,3-5H3/b9-6+. The first-order valence-corrected chi connectivity index (χ1v) is 4.05. The van der Waals surface area contributed by atoms with Gasteiger partial charge in [-0.2, -0.15) is 0 Å². The first-order valence-electron chi connectivity index (χ1n) is 4.05. The van der Waals surface area contributed by atoms with Gasteiger partial charge in [0.1, 0.15) is 0 Å². The van der Waals surface area contributed by atoms with E-state index in [1.54, 1.807) is 6.20 Å². The monoisotopic (exact) mass is 169 g/mol. The topological polar surface area (TPSA) is 18.5 Å². The minimum Gasteiger partial charge on any atom is -0.375 e. The zero-order valence-corrected chi connectivity index (χ0v) is 8.46. The van der Waals surface area contributed by atoms with E-state index in [0.717, 1.165) is 6.67 Å². The highest BCUT2D eigenvalue weighted by Gasteiger charge is 1.98. The minimum absolute atomic E-state index is 0.790. The maximum atomic E-state index is 3.67. The van der Waals surface area contributed by atoms with Gasteiger partial charge in [-0.1, -0.05) is 12.7 Å². The predicted octanol–water partition coefficient (Wildman–Crippen LogP) is 1.38. The van der Waals surface area contributed by atoms with Crippen LogP contribution in [0.15, 0.2) is 24.6 Å². The van der Waals surface area contributed by atoms with Gasteiger partial charge in [0.15, 0.2) is 0 Å². The van der Waals surface area contributed by atoms with Crippen LogP contribution in [0.3, 0.4) is 0 Å². The van der Waals surface area contributed by atoms with E-state index in [-0.39, 0.29) is 0 Å². The van der Waals surface area contributed by atoms with Crippen LogP contribution in [0.1, 0.15) is 13.8 Å². The van der Waals surface area contributed by atoms with Crippen molar-refractivity contribution in [1.82, 2.24) is 15.3 Å². The van der Waals surface area contributed by atoms with E-state index in [1.165, 1.54) is 5.70 Å². The summed E-state index contributed by atoms with van der Waals surface area (Å²) in [5.41, 5.74) is 1.18. The Labute approximate surface area is 75.3 Å². The fourth-order valence-corrected chi connectivity index (χ4v) is 0.592. The number of hydrogen-bond donors (Lipinski definition) is 1. The number of rotatable bonds is 5. The smallest absolute Gasteiger partial charge is 0.0853 e. The number of allylic oxidation sites excluding steroid dienone is 2. The van der Waals surface area contributed by atoms with E-state index in [1.807, 2.05) is 44.0 Å². The van der Waals surface area contributed by atoms with Gasteiger partial charge in [-0.25, -0.2) is 5.01 Å². The Morgan fingerprint density at radius 2 is 2.08 bits per heavy atom. The van der Waals surface area contributed by atoms with Crippen LogP contribution in [-0.2, 0) is 0 Å². The first-order chi connectivity index (χ1) is 5.61. The highest BCUT2D eigenvalue weighted by molar-refractivity contribution is 4.91. The Morgan fingerprint density at radius 1 is 1.50 bits per heavy atom. The lowest BCUT2D eigenvalue weighted by atomic mass is 10.5. The van der Waals surface area contributed by atoms with Crippen molar-refractivity contribution in [2.45, 2.75) is 13.8 Å². The molecule has 0 unspecified atom stereocenters. The van der Waals surface area contributed by atoms with Crippen molar-refractivity contribution in [3.63, 3.8) is 0 Å². The Balaban J connectivity index is 3.70. The van der Waals surface area contributed by atoms with Crippen molar-refractivity contribution in [2.75, 3.05) is 20.8 Å². The van der Waals surface area contributed by atoms with Gasteiger partial charge < -0.3 is 10.3 Å². The molecule has 0 radical (unpaired) electrons. The molecule has 1 N–H and O–H groups in total. The van der Waals surface area contributed by atoms with E-state index in [2.05, 4.69) is 11.9 Å². The van der Waals surface area contributed by atoms with E-state index < -0.39 is 0 Å². The second kappa shape index (κ2) is 5.66. The SMILES string of the molecule is C=CN(C)N(C)CN/C(C)=C/C. The molecule has 0 aromatic carbocycles. The van der Waals surface area contributed by atoms with Crippen molar-refractivity contribution in [1.29, 1.82) is 0 Å². The van der Waals surface area contributed by atoms with Crippen LogP contribution in [0.5, 0.6) is 0 Å². The second-order valence-corrected chi connectivity index (χ2v) is 2.72. The molecular weight excluding hydrogens is 150 g/mol. The summed E-state index contributed by atoms with van der Waals surface area (Å²) in [5.74, 6) is 0. The van der Waals surface area contributed by atoms with Gasteiger partial charge in [-0.05, 0) is 13.8 Å². The lowest BCUT2D eigenvalue weighted by Gasteiger charge is -2.27. The molecule has 0 saturated heterocycles. The van der Waals surface area contributed by atoms with Crippen molar-refractivity contribution < 1.29 is 0 Å². The minimum atomic E-state index is 0.790. The van der Waals surface area contributed by atoms with Gasteiger partial charge in [0, 0.05) is 26.0 Å². The van der Waals surface area contributed by atoms with Crippen molar-refractivity contribution in [3.05, 3.63) is 24.6 Å². The molecule has 12 heavy (non-hydrogen) atoms. The lowest BCUT2D eigenvalue weighted by molar-refractivity contribution is 0.0743. The average Bonchev–Trinajstić information content (AvgIpc) is 2.11. The summed E-state index contributed by atoms with van der Waals surface area (Å²) in [7, 11) is 3.96. The van der Waals surface area contributed by atoms with Crippen molar-refractivity contribution >= 4 is 0 Å². The van der Waals surface area contributed by atoms with E-state index in [9.17, 15) is 0 Å². The van der Waals surface area contributed by atoms with E-state index in [0.29, 0.717) is 0 Å². The summed E-state index contributed by atoms with van der Waals surface area (Å²) >= 11 is 0. The van der Waals surface area contributed by atoms with E-state index in [4.69, 9.17) is 0 Å². The zero-order valence-electron chi connectivity index (χ0n) is 8.46. The third-order valence-corrected chi connectivity index (χ3v) is 1.82. The fourth-order valence-electron chi connectivity index (χ4n) is 0.592. The Morgan fingerprint density at radius 3 is 2.50 bits per heavy atom. The molecule has 0 aromatic heterocycles. The maximum Gasteiger partial charge on any atom is 0.0853 e. The summed E-state index contributed by atoms with van der Waals surface area (Å²) in [4.78, 5) is 0. The number of nitrogens with one attached hydrogen (secondary N) is 1. The van der Waals surface area contributed by atoms with Gasteiger partial charge in [0.25, 0.3) is 0 Å². The molecule has 0 aliphatic carbocycles. The second-order valence-electron chi connectivity index (χ2n) is 2.72. The molecule has 3 nitrogen and oxygen atoms in total. The molecule has 0 amide bonds. The maximum absolute atomic E-state index is 3.67. The summed E-state index contributed by atoms with van der Waals surface area (Å²) < 4.78 is 0. The van der Waals surface area contributed by atoms with Gasteiger partial charge in [0.05, 0.1) is 6.67 Å². The predicted molar refractivity (Wildman–Crippen MR) is 53.2 cm³/mol. The van der Waals surface area contributed by atoms with Gasteiger partial charge in [-0.3, -0.25) is 0 Å². The normalized spacial score (nSPS) is 11.6. The molecule has 0 aromatic rings. The summed E-state index contributed by atoms with van der Waals surface area (Å²) in [5, 5.41) is 7.20. The molecular formula is C9H19N3. The molecule has 0 heterocycles. The number of hydrogen-bond acceptors (Lipinski definition) is 3. The van der Waals surface area contributed by atoms with Crippen LogP contribution in [0.4, 0.5) is 0 Å². The molecule has 0 aliphatic heterocycles. The molecule has 0 spiro atoms. The van der Waals surface area contributed by atoms with Crippen LogP contribution in [-0.4, -0.2) is 30.8 Å². The van der Waals surface area contributed by atoms with Crippen LogP contribution < -0.4 is 5.32 Å². The Bertz CT molecular complexity index is 163. The third kappa shape index (κ3) is 4.03. The fraction of sp³-hybridized carbons (Fsp3) is 0.556. The molecule has 0 atom stereocenters. The summed E-state index contributed by atoms with van der Waals surface area (Å²) in [6.45, 7) is 8.52. The first kappa shape index (κ1) is 11.0. The molecule has 0 bridgehead atoms. The number of nitrogens with zero attached hydrogens (tertiary/aromatic N) is 2. The summed E-state index contributed by atoms with van der Waals surface area (Å²) in [6.07, 6.45) is 3.81. The van der Waals surface area contributed by atoms with Crippen LogP contribution >= 0.6 is 0 Å². The number of hydrazine groups is 1. The largest absolute Gasteiger partial charge is 0.375 e. The Kier molecular flexibility index (Phi) is 5.21. The van der Waals surface area contributed by atoms with Crippen LogP contribution in [0.25, 0.3) is 0 Å². The third-order valence-electron chi connectivity index (χ3n) is 1.82. The Hall–Kier alpha value is -0.960. The zero-order chi connectivity index (χ0) is 9.56. The molecule has 0 fully saturated rings. The lowest BCUT2D eigenvalue weighted by Crippen LogP contribution is -2.38. The molecule has 70 valence electrons. The van der Waals surface area contributed by atoms with Crippen molar-refractivity contribution in [2.24, 2.45) is 0 Å². The molecule has 0 saturated carbocycles. The highest BCUT2D eigenvalue weighted by Crippen LogP contribution is 1.90. The molecule has 0 aliphatic rings. The van der Waals surface area contributed by atoms with Crippen molar-refractivity contribution in [3.8, 4) is 0 Å². The van der Waals surface area contributed by atoms with Crippen LogP contribution in [0.2, 0.25) is 0 Å². The van der Waals surface area contributed by atoms with Gasteiger partial charge in [-0.15, -0.1) is 0 Å². The summed E-state index contributed by atoms with van der Waals surface area (Å²) in [6, 6.07) is 0. The van der Waals surface area contributed by atoms with Gasteiger partial charge >= 0.3 is 0 Å². The van der Waals surface area contributed by atoms with Gasteiger partial charge in [0.2, 0.25) is 0 Å². The average molecular weight is 169 g/mol. The molecule has 3 heteroatoms.